The molecule has 13 heavy (non-hydrogen) atoms. The molecule has 1 aromatic heterocycles. The van der Waals surface area contributed by atoms with E-state index in [9.17, 15) is 0 Å². The normalized spacial score (nSPS) is 15.5. The molecule has 70 valence electrons. The van der Waals surface area contributed by atoms with E-state index in [1.807, 2.05) is 20.0 Å². The third-order valence-electron chi connectivity index (χ3n) is 2.14. The number of pyridine rings is 1. The zero-order valence-electron chi connectivity index (χ0n) is 8.00. The largest absolute Gasteiger partial charge is 0.489 e. The zero-order chi connectivity index (χ0) is 9.26. The number of nitrogens with one attached hydrogen (secondary N) is 1. The van der Waals surface area contributed by atoms with Crippen molar-refractivity contribution in [2.45, 2.75) is 25.9 Å². The predicted octanol–water partition coefficient (Wildman–Crippen LogP) is 1.97. The molecule has 1 aliphatic rings. The summed E-state index contributed by atoms with van der Waals surface area (Å²) in [6.07, 6.45) is 4.61. The second-order valence-electron chi connectivity index (χ2n) is 3.40. The van der Waals surface area contributed by atoms with Crippen molar-refractivity contribution < 1.29 is 4.74 Å². The van der Waals surface area contributed by atoms with Crippen molar-refractivity contribution in [3.8, 4) is 5.75 Å². The molecule has 1 saturated carbocycles. The van der Waals surface area contributed by atoms with E-state index in [2.05, 4.69) is 10.3 Å². The Balaban J connectivity index is 2.15. The SMILES string of the molecule is CNc1cc(C)c(OC2CC2)cn1. The first-order valence-electron chi connectivity index (χ1n) is 4.60. The van der Waals surface area contributed by atoms with E-state index in [4.69, 9.17) is 4.74 Å². The molecular formula is C10H14N2O. The molecule has 1 heterocycles. The lowest BCUT2D eigenvalue weighted by atomic mass is 10.2. The van der Waals surface area contributed by atoms with E-state index in [0.717, 1.165) is 17.1 Å². The molecule has 0 radical (unpaired) electrons. The quantitative estimate of drug-likeness (QED) is 0.768. The van der Waals surface area contributed by atoms with Crippen LogP contribution in [-0.4, -0.2) is 18.1 Å². The summed E-state index contributed by atoms with van der Waals surface area (Å²) in [5, 5.41) is 3.00. The van der Waals surface area contributed by atoms with Gasteiger partial charge in [0.25, 0.3) is 0 Å². The van der Waals surface area contributed by atoms with Crippen molar-refractivity contribution in [2.75, 3.05) is 12.4 Å². The van der Waals surface area contributed by atoms with Crippen LogP contribution in [0.2, 0.25) is 0 Å². The number of nitrogens with zero attached hydrogens (tertiary/aromatic N) is 1. The molecule has 0 unspecified atom stereocenters. The van der Waals surface area contributed by atoms with Crippen molar-refractivity contribution in [1.82, 2.24) is 4.98 Å². The molecule has 1 aromatic rings. The Morgan fingerprint density at radius 1 is 1.54 bits per heavy atom. The maximum absolute atomic E-state index is 5.67. The Bertz CT molecular complexity index is 308. The van der Waals surface area contributed by atoms with Crippen molar-refractivity contribution >= 4 is 5.82 Å². The Kier molecular flexibility index (Phi) is 2.08. The molecule has 1 aliphatic carbocycles. The minimum absolute atomic E-state index is 0.445. The van der Waals surface area contributed by atoms with E-state index in [1.165, 1.54) is 12.8 Å². The summed E-state index contributed by atoms with van der Waals surface area (Å²) < 4.78 is 5.67. The lowest BCUT2D eigenvalue weighted by Gasteiger charge is -2.08. The molecular weight excluding hydrogens is 164 g/mol. The first-order chi connectivity index (χ1) is 6.29. The number of aryl methyl sites for hydroxylation is 1. The third-order valence-corrected chi connectivity index (χ3v) is 2.14. The average Bonchev–Trinajstić information content (AvgIpc) is 2.92. The van der Waals surface area contributed by atoms with Gasteiger partial charge in [0.2, 0.25) is 0 Å². The van der Waals surface area contributed by atoms with Gasteiger partial charge in [-0.1, -0.05) is 0 Å². The summed E-state index contributed by atoms with van der Waals surface area (Å²) in [6.45, 7) is 2.04. The van der Waals surface area contributed by atoms with E-state index in [0.29, 0.717) is 6.10 Å². The number of hydrogen-bond donors (Lipinski definition) is 1. The number of ether oxygens (including phenoxy) is 1. The van der Waals surface area contributed by atoms with Gasteiger partial charge in [-0.25, -0.2) is 4.98 Å². The van der Waals surface area contributed by atoms with Crippen molar-refractivity contribution in [2.24, 2.45) is 0 Å². The Hall–Kier alpha value is -1.25. The monoisotopic (exact) mass is 178 g/mol. The fourth-order valence-corrected chi connectivity index (χ4v) is 1.17. The minimum atomic E-state index is 0.445. The van der Waals surface area contributed by atoms with Gasteiger partial charge >= 0.3 is 0 Å². The molecule has 0 atom stereocenters. The van der Waals surface area contributed by atoms with Gasteiger partial charge in [-0.05, 0) is 31.4 Å². The van der Waals surface area contributed by atoms with Crippen LogP contribution in [0.5, 0.6) is 5.75 Å². The van der Waals surface area contributed by atoms with E-state index in [-0.39, 0.29) is 0 Å². The maximum atomic E-state index is 5.67. The van der Waals surface area contributed by atoms with Crippen molar-refractivity contribution in [3.05, 3.63) is 17.8 Å². The summed E-state index contributed by atoms with van der Waals surface area (Å²) in [4.78, 5) is 4.20. The van der Waals surface area contributed by atoms with Crippen LogP contribution in [0.25, 0.3) is 0 Å². The summed E-state index contributed by atoms with van der Waals surface area (Å²) in [5.41, 5.74) is 1.14. The predicted molar refractivity (Wildman–Crippen MR) is 52.2 cm³/mol. The fraction of sp³-hybridized carbons (Fsp3) is 0.500. The Labute approximate surface area is 78.1 Å². The molecule has 1 fully saturated rings. The highest BCUT2D eigenvalue weighted by molar-refractivity contribution is 5.42. The first kappa shape index (κ1) is 8.35. The van der Waals surface area contributed by atoms with Crippen LogP contribution in [0.3, 0.4) is 0 Å². The minimum Gasteiger partial charge on any atom is -0.489 e. The van der Waals surface area contributed by atoms with Crippen LogP contribution in [-0.2, 0) is 0 Å². The van der Waals surface area contributed by atoms with E-state index in [1.54, 1.807) is 6.20 Å². The second-order valence-corrected chi connectivity index (χ2v) is 3.40. The first-order valence-corrected chi connectivity index (χ1v) is 4.60. The number of hydrogen-bond acceptors (Lipinski definition) is 3. The number of aromatic nitrogens is 1. The zero-order valence-corrected chi connectivity index (χ0v) is 8.00. The molecule has 0 aliphatic heterocycles. The van der Waals surface area contributed by atoms with Gasteiger partial charge in [0.1, 0.15) is 11.6 Å². The van der Waals surface area contributed by atoms with Crippen LogP contribution in [0.15, 0.2) is 12.3 Å². The van der Waals surface area contributed by atoms with Gasteiger partial charge in [-0.15, -0.1) is 0 Å². The van der Waals surface area contributed by atoms with Crippen molar-refractivity contribution in [3.63, 3.8) is 0 Å². The number of anilines is 1. The summed E-state index contributed by atoms with van der Waals surface area (Å²) in [5.74, 6) is 1.81. The van der Waals surface area contributed by atoms with Crippen LogP contribution >= 0.6 is 0 Å². The Morgan fingerprint density at radius 3 is 2.85 bits per heavy atom. The van der Waals surface area contributed by atoms with E-state index >= 15 is 0 Å². The molecule has 2 rings (SSSR count). The molecule has 1 N–H and O–H groups in total. The summed E-state index contributed by atoms with van der Waals surface area (Å²) in [7, 11) is 1.86. The molecule has 0 saturated heterocycles. The molecule has 0 aromatic carbocycles. The summed E-state index contributed by atoms with van der Waals surface area (Å²) >= 11 is 0. The highest BCUT2D eigenvalue weighted by atomic mass is 16.5. The molecule has 0 amide bonds. The average molecular weight is 178 g/mol. The lowest BCUT2D eigenvalue weighted by molar-refractivity contribution is 0.300. The lowest BCUT2D eigenvalue weighted by Crippen LogP contribution is -2.00. The maximum Gasteiger partial charge on any atom is 0.141 e. The topological polar surface area (TPSA) is 34.1 Å². The van der Waals surface area contributed by atoms with Crippen LogP contribution in [0.4, 0.5) is 5.82 Å². The number of rotatable bonds is 3. The van der Waals surface area contributed by atoms with Crippen LogP contribution in [0, 0.1) is 6.92 Å². The standard InChI is InChI=1S/C10H14N2O/c1-7-5-10(11-2)12-6-9(7)13-8-3-4-8/h5-6,8H,3-4H2,1-2H3,(H,11,12). The van der Waals surface area contributed by atoms with Gasteiger partial charge in [0, 0.05) is 7.05 Å². The van der Waals surface area contributed by atoms with Crippen LogP contribution in [0.1, 0.15) is 18.4 Å². The van der Waals surface area contributed by atoms with Gasteiger partial charge in [0.15, 0.2) is 0 Å². The van der Waals surface area contributed by atoms with Gasteiger partial charge in [0.05, 0.1) is 12.3 Å². The molecule has 3 heteroatoms. The van der Waals surface area contributed by atoms with Gasteiger partial charge < -0.3 is 10.1 Å². The van der Waals surface area contributed by atoms with Gasteiger partial charge in [-0.2, -0.15) is 0 Å². The highest BCUT2D eigenvalue weighted by Gasteiger charge is 2.24. The molecule has 0 bridgehead atoms. The fourth-order valence-electron chi connectivity index (χ4n) is 1.17. The molecule has 0 spiro atoms. The highest BCUT2D eigenvalue weighted by Crippen LogP contribution is 2.28. The Morgan fingerprint density at radius 2 is 2.31 bits per heavy atom. The molecule has 3 nitrogen and oxygen atoms in total. The summed E-state index contributed by atoms with van der Waals surface area (Å²) in [6, 6.07) is 2.00. The van der Waals surface area contributed by atoms with Gasteiger partial charge in [-0.3, -0.25) is 0 Å². The second kappa shape index (κ2) is 3.24. The van der Waals surface area contributed by atoms with E-state index < -0.39 is 0 Å². The van der Waals surface area contributed by atoms with Crippen LogP contribution < -0.4 is 10.1 Å². The van der Waals surface area contributed by atoms with Crippen molar-refractivity contribution in [1.29, 1.82) is 0 Å². The smallest absolute Gasteiger partial charge is 0.141 e. The third kappa shape index (κ3) is 1.91.